The lowest BCUT2D eigenvalue weighted by molar-refractivity contribution is -0.125. The van der Waals surface area contributed by atoms with Crippen molar-refractivity contribution < 1.29 is 4.84 Å². The predicted molar refractivity (Wildman–Crippen MR) is 50.7 cm³/mol. The van der Waals surface area contributed by atoms with Gasteiger partial charge < -0.3 is 4.84 Å². The smallest absolute Gasteiger partial charge is 0.0575 e. The molecule has 0 unspecified atom stereocenters. The first-order valence-electron chi connectivity index (χ1n) is 4.52. The number of hydrogen-bond acceptors (Lipinski definition) is 2. The summed E-state index contributed by atoms with van der Waals surface area (Å²) < 4.78 is 0. The second kappa shape index (κ2) is 3.58. The molecular formula is C10H19NO. The Kier molecular flexibility index (Phi) is 2.91. The molecule has 0 fully saturated rings. The SMILES string of the molecule is CON1CC=C(C(C)(C)C)CC1. The van der Waals surface area contributed by atoms with Gasteiger partial charge in [0.1, 0.15) is 0 Å². The topological polar surface area (TPSA) is 12.5 Å². The van der Waals surface area contributed by atoms with E-state index in [9.17, 15) is 0 Å². The molecule has 1 rings (SSSR count). The van der Waals surface area contributed by atoms with Crippen molar-refractivity contribution in [3.63, 3.8) is 0 Å². The van der Waals surface area contributed by atoms with Crippen LogP contribution in [0.5, 0.6) is 0 Å². The highest BCUT2D eigenvalue weighted by Crippen LogP contribution is 2.29. The second-order valence-electron chi connectivity index (χ2n) is 4.30. The molecule has 0 N–H and O–H groups in total. The third kappa shape index (κ3) is 2.32. The third-order valence-corrected chi connectivity index (χ3v) is 2.39. The van der Waals surface area contributed by atoms with Gasteiger partial charge in [-0.3, -0.25) is 0 Å². The quantitative estimate of drug-likeness (QED) is 0.558. The summed E-state index contributed by atoms with van der Waals surface area (Å²) in [6, 6.07) is 0. The van der Waals surface area contributed by atoms with E-state index < -0.39 is 0 Å². The average Bonchev–Trinajstić information content (AvgIpc) is 2.03. The van der Waals surface area contributed by atoms with Crippen LogP contribution < -0.4 is 0 Å². The predicted octanol–water partition coefficient (Wildman–Crippen LogP) is 2.23. The molecule has 0 saturated carbocycles. The van der Waals surface area contributed by atoms with Crippen LogP contribution in [0.4, 0.5) is 0 Å². The van der Waals surface area contributed by atoms with E-state index in [-0.39, 0.29) is 0 Å². The molecule has 0 aromatic carbocycles. The van der Waals surface area contributed by atoms with Crippen LogP contribution in [0.15, 0.2) is 11.6 Å². The van der Waals surface area contributed by atoms with Gasteiger partial charge in [-0.1, -0.05) is 32.4 Å². The molecule has 1 heterocycles. The van der Waals surface area contributed by atoms with Crippen molar-refractivity contribution in [2.45, 2.75) is 27.2 Å². The Balaban J connectivity index is 2.56. The van der Waals surface area contributed by atoms with E-state index in [4.69, 9.17) is 4.84 Å². The highest BCUT2D eigenvalue weighted by molar-refractivity contribution is 5.13. The molecular weight excluding hydrogens is 150 g/mol. The molecule has 1 aliphatic rings. The number of hydroxylamine groups is 2. The Morgan fingerprint density at radius 1 is 1.42 bits per heavy atom. The van der Waals surface area contributed by atoms with Gasteiger partial charge in [-0.2, -0.15) is 5.06 Å². The Morgan fingerprint density at radius 3 is 2.42 bits per heavy atom. The highest BCUT2D eigenvalue weighted by atomic mass is 16.7. The molecule has 2 heteroatoms. The van der Waals surface area contributed by atoms with Crippen LogP contribution in [-0.2, 0) is 4.84 Å². The maximum Gasteiger partial charge on any atom is 0.0575 e. The van der Waals surface area contributed by atoms with Gasteiger partial charge in [0.25, 0.3) is 0 Å². The molecule has 0 aromatic rings. The summed E-state index contributed by atoms with van der Waals surface area (Å²) in [5.74, 6) is 0. The monoisotopic (exact) mass is 169 g/mol. The van der Waals surface area contributed by atoms with Gasteiger partial charge in [-0.05, 0) is 11.8 Å². The Labute approximate surface area is 75.2 Å². The molecule has 2 nitrogen and oxygen atoms in total. The van der Waals surface area contributed by atoms with E-state index in [0.717, 1.165) is 19.5 Å². The zero-order valence-electron chi connectivity index (χ0n) is 8.55. The van der Waals surface area contributed by atoms with E-state index in [0.29, 0.717) is 5.41 Å². The fourth-order valence-corrected chi connectivity index (χ4v) is 1.50. The molecule has 0 saturated heterocycles. The van der Waals surface area contributed by atoms with Crippen molar-refractivity contribution in [1.82, 2.24) is 5.06 Å². The van der Waals surface area contributed by atoms with Crippen LogP contribution in [0, 0.1) is 5.41 Å². The van der Waals surface area contributed by atoms with Crippen LogP contribution in [0.25, 0.3) is 0 Å². The molecule has 0 amide bonds. The fourth-order valence-electron chi connectivity index (χ4n) is 1.50. The van der Waals surface area contributed by atoms with Crippen molar-refractivity contribution in [2.24, 2.45) is 5.41 Å². The first-order chi connectivity index (χ1) is 5.54. The second-order valence-corrected chi connectivity index (χ2v) is 4.30. The standard InChI is InChI=1S/C10H19NO/c1-10(2,3)9-5-7-11(12-4)8-6-9/h5H,6-8H2,1-4H3. The molecule has 1 aliphatic heterocycles. The first-order valence-corrected chi connectivity index (χ1v) is 4.52. The van der Waals surface area contributed by atoms with E-state index in [1.807, 2.05) is 5.06 Å². The summed E-state index contributed by atoms with van der Waals surface area (Å²) in [6.07, 6.45) is 3.42. The minimum atomic E-state index is 0.333. The van der Waals surface area contributed by atoms with E-state index in [1.165, 1.54) is 0 Å². The molecule has 12 heavy (non-hydrogen) atoms. The van der Waals surface area contributed by atoms with Gasteiger partial charge in [-0.25, -0.2) is 0 Å². The van der Waals surface area contributed by atoms with Crippen molar-refractivity contribution in [3.8, 4) is 0 Å². The summed E-state index contributed by atoms with van der Waals surface area (Å²) >= 11 is 0. The molecule has 0 radical (unpaired) electrons. The zero-order chi connectivity index (χ0) is 9.19. The summed E-state index contributed by atoms with van der Waals surface area (Å²) in [6.45, 7) is 8.76. The lowest BCUT2D eigenvalue weighted by atomic mass is 9.83. The van der Waals surface area contributed by atoms with Gasteiger partial charge in [0.15, 0.2) is 0 Å². The van der Waals surface area contributed by atoms with Crippen molar-refractivity contribution >= 4 is 0 Å². The Morgan fingerprint density at radius 2 is 2.08 bits per heavy atom. The Bertz CT molecular complexity index is 179. The molecule has 0 aliphatic carbocycles. The zero-order valence-corrected chi connectivity index (χ0v) is 8.55. The maximum atomic E-state index is 5.14. The van der Waals surface area contributed by atoms with Gasteiger partial charge in [0.2, 0.25) is 0 Å². The molecule has 70 valence electrons. The summed E-state index contributed by atoms with van der Waals surface area (Å²) in [4.78, 5) is 5.14. The minimum absolute atomic E-state index is 0.333. The van der Waals surface area contributed by atoms with Crippen LogP contribution >= 0.6 is 0 Å². The van der Waals surface area contributed by atoms with E-state index in [1.54, 1.807) is 12.7 Å². The van der Waals surface area contributed by atoms with Gasteiger partial charge >= 0.3 is 0 Å². The van der Waals surface area contributed by atoms with E-state index >= 15 is 0 Å². The highest BCUT2D eigenvalue weighted by Gasteiger charge is 2.20. The lowest BCUT2D eigenvalue weighted by Gasteiger charge is -2.30. The van der Waals surface area contributed by atoms with Crippen LogP contribution in [0.2, 0.25) is 0 Å². The van der Waals surface area contributed by atoms with Crippen molar-refractivity contribution in [3.05, 3.63) is 11.6 Å². The summed E-state index contributed by atoms with van der Waals surface area (Å²) in [5, 5.41) is 1.98. The molecule has 0 atom stereocenters. The lowest BCUT2D eigenvalue weighted by Crippen LogP contribution is -2.30. The molecule has 0 aromatic heterocycles. The third-order valence-electron chi connectivity index (χ3n) is 2.39. The Hall–Kier alpha value is -0.340. The van der Waals surface area contributed by atoms with Gasteiger partial charge in [0, 0.05) is 13.1 Å². The minimum Gasteiger partial charge on any atom is -0.302 e. The first kappa shape index (κ1) is 9.75. The van der Waals surface area contributed by atoms with Crippen LogP contribution in [-0.4, -0.2) is 25.3 Å². The number of rotatable bonds is 1. The van der Waals surface area contributed by atoms with Gasteiger partial charge in [-0.15, -0.1) is 0 Å². The number of hydrogen-bond donors (Lipinski definition) is 0. The normalized spacial score (nSPS) is 20.8. The molecule has 0 bridgehead atoms. The average molecular weight is 169 g/mol. The number of nitrogens with zero attached hydrogens (tertiary/aromatic N) is 1. The van der Waals surface area contributed by atoms with Crippen LogP contribution in [0.3, 0.4) is 0 Å². The van der Waals surface area contributed by atoms with Crippen LogP contribution in [0.1, 0.15) is 27.2 Å². The van der Waals surface area contributed by atoms with Gasteiger partial charge in [0.05, 0.1) is 7.11 Å². The summed E-state index contributed by atoms with van der Waals surface area (Å²) in [7, 11) is 1.73. The molecule has 0 spiro atoms. The van der Waals surface area contributed by atoms with E-state index in [2.05, 4.69) is 26.8 Å². The fraction of sp³-hybridized carbons (Fsp3) is 0.800. The van der Waals surface area contributed by atoms with Crippen molar-refractivity contribution in [2.75, 3.05) is 20.2 Å². The maximum absolute atomic E-state index is 5.14. The summed E-state index contributed by atoms with van der Waals surface area (Å²) in [5.41, 5.74) is 1.88. The van der Waals surface area contributed by atoms with Crippen molar-refractivity contribution in [1.29, 1.82) is 0 Å². The largest absolute Gasteiger partial charge is 0.302 e.